The summed E-state index contributed by atoms with van der Waals surface area (Å²) in [4.78, 5) is 24.0. The Balaban J connectivity index is 1.86. The van der Waals surface area contributed by atoms with E-state index in [1.54, 1.807) is 18.2 Å². The molecule has 0 atom stereocenters. The van der Waals surface area contributed by atoms with E-state index >= 15 is 0 Å². The van der Waals surface area contributed by atoms with Crippen LogP contribution in [0.25, 0.3) is 0 Å². The van der Waals surface area contributed by atoms with Gasteiger partial charge in [-0.15, -0.1) is 11.3 Å². The largest absolute Gasteiger partial charge is 0.342 e. The van der Waals surface area contributed by atoms with Crippen molar-refractivity contribution in [3.8, 4) is 0 Å². The van der Waals surface area contributed by atoms with E-state index in [0.29, 0.717) is 10.6 Å². The fourth-order valence-electron chi connectivity index (χ4n) is 1.58. The summed E-state index contributed by atoms with van der Waals surface area (Å²) in [6.07, 6.45) is 0. The zero-order valence-corrected chi connectivity index (χ0v) is 13.2. The Morgan fingerprint density at radius 2 is 2.10 bits per heavy atom. The molecule has 0 unspecified atom stereocenters. The third-order valence-corrected chi connectivity index (χ3v) is 4.35. The van der Waals surface area contributed by atoms with E-state index < -0.39 is 0 Å². The first-order valence-corrected chi connectivity index (χ1v) is 7.61. The minimum Gasteiger partial charge on any atom is -0.342 e. The van der Waals surface area contributed by atoms with Gasteiger partial charge in [-0.05, 0) is 42.1 Å². The molecule has 1 heterocycles. The number of benzene rings is 1. The smallest absolute Gasteiger partial charge is 0.261 e. The van der Waals surface area contributed by atoms with Crippen LogP contribution in [0, 0.1) is 6.92 Å². The monoisotopic (exact) mass is 352 g/mol. The van der Waals surface area contributed by atoms with Crippen molar-refractivity contribution in [3.05, 3.63) is 50.6 Å². The molecule has 0 saturated heterocycles. The highest BCUT2D eigenvalue weighted by atomic mass is 79.9. The van der Waals surface area contributed by atoms with Gasteiger partial charge in [-0.2, -0.15) is 0 Å². The second kappa shape index (κ2) is 6.67. The Kier molecular flexibility index (Phi) is 4.92. The third kappa shape index (κ3) is 3.91. The zero-order chi connectivity index (χ0) is 14.5. The number of carbonyl (C=O) groups is 2. The van der Waals surface area contributed by atoms with Crippen LogP contribution in [0.3, 0.4) is 0 Å². The van der Waals surface area contributed by atoms with Crippen LogP contribution in [0.5, 0.6) is 0 Å². The number of anilines is 1. The van der Waals surface area contributed by atoms with Crippen molar-refractivity contribution >= 4 is 44.8 Å². The maximum atomic E-state index is 11.7. The SMILES string of the molecule is Cc1cc(NC(=O)CNC(=O)c2cccs2)ccc1Br. The van der Waals surface area contributed by atoms with E-state index in [0.717, 1.165) is 10.0 Å². The van der Waals surface area contributed by atoms with Crippen molar-refractivity contribution in [3.63, 3.8) is 0 Å². The number of rotatable bonds is 4. The first-order chi connectivity index (χ1) is 9.56. The van der Waals surface area contributed by atoms with Crippen LogP contribution < -0.4 is 10.6 Å². The number of halogens is 1. The van der Waals surface area contributed by atoms with Crippen LogP contribution in [-0.2, 0) is 4.79 Å². The molecule has 2 aromatic rings. The molecule has 0 saturated carbocycles. The van der Waals surface area contributed by atoms with Crippen LogP contribution in [0.1, 0.15) is 15.2 Å². The van der Waals surface area contributed by atoms with Crippen molar-refractivity contribution in [2.24, 2.45) is 0 Å². The molecule has 0 aliphatic carbocycles. The molecule has 1 aromatic carbocycles. The highest BCUT2D eigenvalue weighted by Crippen LogP contribution is 2.19. The first-order valence-electron chi connectivity index (χ1n) is 5.94. The van der Waals surface area contributed by atoms with Gasteiger partial charge < -0.3 is 10.6 Å². The van der Waals surface area contributed by atoms with Crippen LogP contribution in [0.2, 0.25) is 0 Å². The van der Waals surface area contributed by atoms with Gasteiger partial charge in [0, 0.05) is 10.2 Å². The summed E-state index contributed by atoms with van der Waals surface area (Å²) in [5.74, 6) is -0.487. The Morgan fingerprint density at radius 1 is 1.30 bits per heavy atom. The molecule has 2 amide bonds. The summed E-state index contributed by atoms with van der Waals surface area (Å²) in [6.45, 7) is 1.89. The van der Waals surface area contributed by atoms with E-state index in [-0.39, 0.29) is 18.4 Å². The summed E-state index contributed by atoms with van der Waals surface area (Å²) in [6, 6.07) is 9.05. The number of hydrogen-bond donors (Lipinski definition) is 2. The average molecular weight is 353 g/mol. The van der Waals surface area contributed by atoms with Crippen molar-refractivity contribution in [2.75, 3.05) is 11.9 Å². The first kappa shape index (κ1) is 14.7. The maximum absolute atomic E-state index is 11.7. The molecule has 2 rings (SSSR count). The predicted octanol–water partition coefficient (Wildman–Crippen LogP) is 3.19. The van der Waals surface area contributed by atoms with Gasteiger partial charge in [0.15, 0.2) is 0 Å². The van der Waals surface area contributed by atoms with Gasteiger partial charge in [0.1, 0.15) is 0 Å². The van der Waals surface area contributed by atoms with E-state index in [1.807, 2.05) is 24.4 Å². The van der Waals surface area contributed by atoms with Crippen molar-refractivity contribution in [1.82, 2.24) is 5.32 Å². The molecule has 1 aromatic heterocycles. The van der Waals surface area contributed by atoms with E-state index in [4.69, 9.17) is 0 Å². The van der Waals surface area contributed by atoms with Crippen LogP contribution in [0.4, 0.5) is 5.69 Å². The Morgan fingerprint density at radius 3 is 2.75 bits per heavy atom. The molecule has 104 valence electrons. The third-order valence-electron chi connectivity index (χ3n) is 2.60. The van der Waals surface area contributed by atoms with Crippen molar-refractivity contribution in [2.45, 2.75) is 6.92 Å². The second-order valence-electron chi connectivity index (χ2n) is 4.17. The normalized spacial score (nSPS) is 10.1. The topological polar surface area (TPSA) is 58.2 Å². The van der Waals surface area contributed by atoms with Crippen molar-refractivity contribution < 1.29 is 9.59 Å². The maximum Gasteiger partial charge on any atom is 0.261 e. The lowest BCUT2D eigenvalue weighted by atomic mass is 10.2. The Labute approximate surface area is 129 Å². The average Bonchev–Trinajstić information content (AvgIpc) is 2.94. The van der Waals surface area contributed by atoms with Gasteiger partial charge in [0.2, 0.25) is 5.91 Å². The molecule has 0 aliphatic rings. The summed E-state index contributed by atoms with van der Waals surface area (Å²) in [5.41, 5.74) is 1.74. The Bertz CT molecular complexity index is 626. The molecule has 20 heavy (non-hydrogen) atoms. The van der Waals surface area contributed by atoms with E-state index in [1.165, 1.54) is 11.3 Å². The quantitative estimate of drug-likeness (QED) is 0.887. The second-order valence-corrected chi connectivity index (χ2v) is 5.97. The molecule has 0 radical (unpaired) electrons. The molecule has 4 nitrogen and oxygen atoms in total. The van der Waals surface area contributed by atoms with Gasteiger partial charge in [0.25, 0.3) is 5.91 Å². The van der Waals surface area contributed by atoms with Gasteiger partial charge in [-0.1, -0.05) is 22.0 Å². The van der Waals surface area contributed by atoms with Gasteiger partial charge in [-0.25, -0.2) is 0 Å². The minimum absolute atomic E-state index is 0.0498. The number of aryl methyl sites for hydroxylation is 1. The number of amides is 2. The lowest BCUT2D eigenvalue weighted by Crippen LogP contribution is -2.32. The molecular formula is C14H13BrN2O2S. The molecule has 0 fully saturated rings. The summed E-state index contributed by atoms with van der Waals surface area (Å²) >= 11 is 4.74. The number of thiophene rings is 1. The fourth-order valence-corrected chi connectivity index (χ4v) is 2.47. The molecule has 0 bridgehead atoms. The lowest BCUT2D eigenvalue weighted by Gasteiger charge is -2.07. The van der Waals surface area contributed by atoms with Gasteiger partial charge in [0.05, 0.1) is 11.4 Å². The standard InChI is InChI=1S/C14H13BrN2O2S/c1-9-7-10(4-5-11(9)15)17-13(18)8-16-14(19)12-3-2-6-20-12/h2-7H,8H2,1H3,(H,16,19)(H,17,18). The summed E-state index contributed by atoms with van der Waals surface area (Å²) in [5, 5.41) is 7.14. The number of hydrogen-bond acceptors (Lipinski definition) is 3. The lowest BCUT2D eigenvalue weighted by molar-refractivity contribution is -0.115. The zero-order valence-electron chi connectivity index (χ0n) is 10.8. The molecular weight excluding hydrogens is 340 g/mol. The van der Waals surface area contributed by atoms with Crippen LogP contribution in [-0.4, -0.2) is 18.4 Å². The van der Waals surface area contributed by atoms with Crippen molar-refractivity contribution in [1.29, 1.82) is 0 Å². The van der Waals surface area contributed by atoms with Gasteiger partial charge >= 0.3 is 0 Å². The highest BCUT2D eigenvalue weighted by Gasteiger charge is 2.09. The molecule has 0 aliphatic heterocycles. The van der Waals surface area contributed by atoms with Gasteiger partial charge in [-0.3, -0.25) is 9.59 Å². The predicted molar refractivity (Wildman–Crippen MR) is 84.2 cm³/mol. The fraction of sp³-hybridized carbons (Fsp3) is 0.143. The minimum atomic E-state index is -0.253. The van der Waals surface area contributed by atoms with Crippen LogP contribution >= 0.6 is 27.3 Å². The Hall–Kier alpha value is -1.66. The summed E-state index contributed by atoms with van der Waals surface area (Å²) in [7, 11) is 0. The van der Waals surface area contributed by atoms with Crippen LogP contribution in [0.15, 0.2) is 40.2 Å². The molecule has 0 spiro atoms. The summed E-state index contributed by atoms with van der Waals surface area (Å²) < 4.78 is 0.987. The number of nitrogens with one attached hydrogen (secondary N) is 2. The van der Waals surface area contributed by atoms with E-state index in [9.17, 15) is 9.59 Å². The highest BCUT2D eigenvalue weighted by molar-refractivity contribution is 9.10. The molecule has 2 N–H and O–H groups in total. The molecule has 6 heteroatoms. The van der Waals surface area contributed by atoms with E-state index in [2.05, 4.69) is 26.6 Å². The number of carbonyl (C=O) groups excluding carboxylic acids is 2.